The number of H-pyrrole nitrogens is 1. The zero-order valence-corrected chi connectivity index (χ0v) is 13.5. The van der Waals surface area contributed by atoms with Crippen LogP contribution in [0.2, 0.25) is 0 Å². The topological polar surface area (TPSA) is 57.8 Å². The molecule has 1 unspecified atom stereocenters. The zero-order chi connectivity index (χ0) is 14.9. The number of aromatic nitrogens is 2. The lowest BCUT2D eigenvalue weighted by atomic mass is 9.94. The van der Waals surface area contributed by atoms with Crippen LogP contribution in [0.5, 0.6) is 0 Å². The number of nitrogens with one attached hydrogen (secondary N) is 2. The molecule has 0 spiro atoms. The maximum absolute atomic E-state index is 12.7. The Hall–Kier alpha value is -1.62. The number of benzene rings is 1. The van der Waals surface area contributed by atoms with Crippen molar-refractivity contribution in [1.82, 2.24) is 15.3 Å². The summed E-state index contributed by atoms with van der Waals surface area (Å²) in [6.07, 6.45) is 6.14. The van der Waals surface area contributed by atoms with E-state index >= 15 is 0 Å². The Morgan fingerprint density at radius 3 is 2.67 bits per heavy atom. The van der Waals surface area contributed by atoms with Gasteiger partial charge < -0.3 is 10.3 Å². The highest BCUT2D eigenvalue weighted by Gasteiger charge is 2.51. The quantitative estimate of drug-likeness (QED) is 0.869. The van der Waals surface area contributed by atoms with Crippen LogP contribution in [0, 0.1) is 0 Å². The van der Waals surface area contributed by atoms with E-state index in [2.05, 4.69) is 31.2 Å². The van der Waals surface area contributed by atoms with E-state index in [0.29, 0.717) is 0 Å². The van der Waals surface area contributed by atoms with E-state index in [1.54, 1.807) is 12.4 Å². The van der Waals surface area contributed by atoms with E-state index in [1.165, 1.54) is 0 Å². The minimum absolute atomic E-state index is 0.0552. The number of hydrogen-bond acceptors (Lipinski definition) is 2. The Morgan fingerprint density at radius 2 is 2.14 bits per heavy atom. The Kier molecular flexibility index (Phi) is 3.85. The van der Waals surface area contributed by atoms with Crippen LogP contribution in [0.3, 0.4) is 0 Å². The Balaban J connectivity index is 1.77. The van der Waals surface area contributed by atoms with Crippen molar-refractivity contribution in [3.63, 3.8) is 0 Å². The van der Waals surface area contributed by atoms with Gasteiger partial charge in [0, 0.05) is 16.9 Å². The first-order chi connectivity index (χ1) is 10.2. The molecule has 1 saturated carbocycles. The number of rotatable bonds is 5. The highest BCUT2D eigenvalue weighted by Crippen LogP contribution is 2.48. The third-order valence-electron chi connectivity index (χ3n) is 4.14. The average molecular weight is 348 g/mol. The highest BCUT2D eigenvalue weighted by atomic mass is 79.9. The highest BCUT2D eigenvalue weighted by molar-refractivity contribution is 9.10. The fourth-order valence-corrected chi connectivity index (χ4v) is 2.93. The minimum atomic E-state index is -0.347. The van der Waals surface area contributed by atoms with Gasteiger partial charge in [-0.05, 0) is 37.0 Å². The molecule has 1 fully saturated rings. The van der Waals surface area contributed by atoms with Crippen molar-refractivity contribution in [2.24, 2.45) is 0 Å². The van der Waals surface area contributed by atoms with Gasteiger partial charge in [-0.25, -0.2) is 4.98 Å². The van der Waals surface area contributed by atoms with Crippen LogP contribution in [0.4, 0.5) is 0 Å². The van der Waals surface area contributed by atoms with Gasteiger partial charge in [-0.3, -0.25) is 4.79 Å². The molecule has 1 heterocycles. The number of aromatic amines is 1. The largest absolute Gasteiger partial charge is 0.347 e. The van der Waals surface area contributed by atoms with Gasteiger partial charge in [0.15, 0.2) is 0 Å². The zero-order valence-electron chi connectivity index (χ0n) is 11.9. The Bertz CT molecular complexity index is 617. The smallest absolute Gasteiger partial charge is 0.231 e. The average Bonchev–Trinajstić information content (AvgIpc) is 3.13. The van der Waals surface area contributed by atoms with E-state index in [-0.39, 0.29) is 17.4 Å². The summed E-state index contributed by atoms with van der Waals surface area (Å²) in [5, 5.41) is 3.14. The summed E-state index contributed by atoms with van der Waals surface area (Å²) in [7, 11) is 0. The molecule has 1 aliphatic carbocycles. The van der Waals surface area contributed by atoms with Crippen LogP contribution >= 0.6 is 15.9 Å². The van der Waals surface area contributed by atoms with Crippen LogP contribution in [0.15, 0.2) is 41.1 Å². The lowest BCUT2D eigenvalue weighted by Gasteiger charge is -2.20. The van der Waals surface area contributed by atoms with Crippen molar-refractivity contribution in [1.29, 1.82) is 0 Å². The van der Waals surface area contributed by atoms with Crippen molar-refractivity contribution in [3.8, 4) is 0 Å². The number of hydrogen-bond donors (Lipinski definition) is 2. The van der Waals surface area contributed by atoms with Crippen LogP contribution in [0.25, 0.3) is 0 Å². The molecule has 4 nitrogen and oxygen atoms in total. The maximum Gasteiger partial charge on any atom is 0.231 e. The number of imidazole rings is 1. The summed E-state index contributed by atoms with van der Waals surface area (Å²) < 4.78 is 1.03. The van der Waals surface area contributed by atoms with Crippen molar-refractivity contribution in [2.45, 2.75) is 37.6 Å². The first kappa shape index (κ1) is 14.3. The minimum Gasteiger partial charge on any atom is -0.347 e. The number of halogens is 1. The number of carbonyl (C=O) groups excluding carboxylic acids is 1. The predicted octanol–water partition coefficient (Wildman–Crippen LogP) is 3.47. The van der Waals surface area contributed by atoms with E-state index in [0.717, 1.165) is 35.1 Å². The summed E-state index contributed by atoms with van der Waals surface area (Å²) in [4.78, 5) is 20.0. The van der Waals surface area contributed by atoms with Crippen molar-refractivity contribution in [3.05, 3.63) is 52.5 Å². The lowest BCUT2D eigenvalue weighted by Crippen LogP contribution is -2.37. The number of carbonyl (C=O) groups is 1. The van der Waals surface area contributed by atoms with Crippen molar-refractivity contribution in [2.75, 3.05) is 0 Å². The molecule has 0 aliphatic heterocycles. The normalized spacial score (nSPS) is 17.2. The number of amides is 1. The molecule has 2 N–H and O–H groups in total. The summed E-state index contributed by atoms with van der Waals surface area (Å²) in [5.41, 5.74) is 0.748. The molecule has 110 valence electrons. The van der Waals surface area contributed by atoms with Gasteiger partial charge in [0.05, 0.1) is 11.5 Å². The second kappa shape index (κ2) is 5.64. The van der Waals surface area contributed by atoms with E-state index < -0.39 is 0 Å². The van der Waals surface area contributed by atoms with E-state index in [4.69, 9.17) is 0 Å². The van der Waals surface area contributed by atoms with Crippen LogP contribution in [-0.4, -0.2) is 15.9 Å². The molecule has 1 atom stereocenters. The second-order valence-corrected chi connectivity index (χ2v) is 6.41. The first-order valence-electron chi connectivity index (χ1n) is 7.22. The predicted molar refractivity (Wildman–Crippen MR) is 84.8 cm³/mol. The van der Waals surface area contributed by atoms with Gasteiger partial charge in [-0.1, -0.05) is 35.0 Å². The fourth-order valence-electron chi connectivity index (χ4n) is 2.67. The monoisotopic (exact) mass is 347 g/mol. The maximum atomic E-state index is 12.7. The molecule has 1 amide bonds. The van der Waals surface area contributed by atoms with Crippen molar-refractivity contribution >= 4 is 21.8 Å². The Morgan fingerprint density at radius 1 is 1.43 bits per heavy atom. The summed E-state index contributed by atoms with van der Waals surface area (Å²) in [6, 6.07) is 7.99. The molecule has 3 rings (SSSR count). The van der Waals surface area contributed by atoms with E-state index in [1.807, 2.05) is 31.2 Å². The Labute approximate surface area is 132 Å². The lowest BCUT2D eigenvalue weighted by molar-refractivity contribution is -0.124. The standard InChI is InChI=1S/C16H18BrN3O/c1-2-13(14-18-9-10-19-14)20-15(21)16(7-8-16)11-3-5-12(17)6-4-11/h3-6,9-10,13H,2,7-8H2,1H3,(H,18,19)(H,20,21). The van der Waals surface area contributed by atoms with Gasteiger partial charge >= 0.3 is 0 Å². The van der Waals surface area contributed by atoms with Crippen LogP contribution in [0.1, 0.15) is 43.6 Å². The summed E-state index contributed by atoms with van der Waals surface area (Å²) >= 11 is 3.43. The molecule has 0 radical (unpaired) electrons. The van der Waals surface area contributed by atoms with Crippen LogP contribution < -0.4 is 5.32 Å². The first-order valence-corrected chi connectivity index (χ1v) is 8.01. The molecule has 5 heteroatoms. The molecular weight excluding hydrogens is 330 g/mol. The van der Waals surface area contributed by atoms with Gasteiger partial charge in [0.2, 0.25) is 5.91 Å². The SMILES string of the molecule is CCC(NC(=O)C1(c2ccc(Br)cc2)CC1)c1ncc[nH]1. The molecule has 1 aromatic carbocycles. The third kappa shape index (κ3) is 2.75. The molecule has 2 aromatic rings. The number of nitrogens with zero attached hydrogens (tertiary/aromatic N) is 1. The molecule has 0 bridgehead atoms. The van der Waals surface area contributed by atoms with E-state index in [9.17, 15) is 4.79 Å². The van der Waals surface area contributed by atoms with Crippen LogP contribution in [-0.2, 0) is 10.2 Å². The summed E-state index contributed by atoms with van der Waals surface area (Å²) in [5.74, 6) is 0.922. The van der Waals surface area contributed by atoms with Gasteiger partial charge in [0.25, 0.3) is 0 Å². The van der Waals surface area contributed by atoms with Gasteiger partial charge in [0.1, 0.15) is 5.82 Å². The molecule has 1 aliphatic rings. The third-order valence-corrected chi connectivity index (χ3v) is 4.67. The van der Waals surface area contributed by atoms with Crippen molar-refractivity contribution < 1.29 is 4.79 Å². The van der Waals surface area contributed by atoms with Gasteiger partial charge in [-0.15, -0.1) is 0 Å². The molecule has 0 saturated heterocycles. The fraction of sp³-hybridized carbons (Fsp3) is 0.375. The molecule has 1 aromatic heterocycles. The summed E-state index contributed by atoms with van der Waals surface area (Å²) in [6.45, 7) is 2.05. The second-order valence-electron chi connectivity index (χ2n) is 5.50. The molecular formula is C16H18BrN3O. The molecule has 21 heavy (non-hydrogen) atoms. The van der Waals surface area contributed by atoms with Gasteiger partial charge in [-0.2, -0.15) is 0 Å².